The molecule has 1 fully saturated rings. The molecule has 31 heavy (non-hydrogen) atoms. The Kier molecular flexibility index (Phi) is 8.41. The summed E-state index contributed by atoms with van der Waals surface area (Å²) in [5, 5.41) is 7.93. The molecule has 1 saturated heterocycles. The maximum atomic E-state index is 12.7. The molecule has 1 aromatic rings. The van der Waals surface area contributed by atoms with E-state index in [0.29, 0.717) is 30.9 Å². The van der Waals surface area contributed by atoms with E-state index >= 15 is 0 Å². The molecule has 1 aliphatic heterocycles. The van der Waals surface area contributed by atoms with Crippen molar-refractivity contribution < 1.29 is 23.9 Å². The Hall–Kier alpha value is -3.10. The molecule has 0 saturated carbocycles. The Morgan fingerprint density at radius 1 is 1.10 bits per heavy atom. The summed E-state index contributed by atoms with van der Waals surface area (Å²) in [5.41, 5.74) is 0.513. The standard InChI is InChI=1S/C22H32N4O5/c1-15(27)25-18-7-5-6-17(12-18)20(29)26-10-8-16(9-11-26)13-23-19(28)14-24-21(30)31-22(2,3)4/h5-7,12,16H,8-11,13-14H2,1-4H3,(H,23,28)(H,24,30)(H,25,27). The second-order valence-electron chi connectivity index (χ2n) is 8.66. The maximum absolute atomic E-state index is 12.7. The average Bonchev–Trinajstić information content (AvgIpc) is 2.69. The van der Waals surface area contributed by atoms with E-state index in [1.54, 1.807) is 49.9 Å². The molecular formula is C22H32N4O5. The van der Waals surface area contributed by atoms with Gasteiger partial charge in [-0.25, -0.2) is 4.79 Å². The highest BCUT2D eigenvalue weighted by Gasteiger charge is 2.24. The minimum absolute atomic E-state index is 0.0729. The number of rotatable bonds is 6. The zero-order chi connectivity index (χ0) is 23.0. The van der Waals surface area contributed by atoms with Gasteiger partial charge >= 0.3 is 6.09 Å². The maximum Gasteiger partial charge on any atom is 0.408 e. The summed E-state index contributed by atoms with van der Waals surface area (Å²) in [5.74, 6) is -0.274. The van der Waals surface area contributed by atoms with E-state index in [2.05, 4.69) is 16.0 Å². The van der Waals surface area contributed by atoms with Crippen LogP contribution in [0.15, 0.2) is 24.3 Å². The van der Waals surface area contributed by atoms with Crippen LogP contribution in [0.1, 0.15) is 50.9 Å². The molecular weight excluding hydrogens is 400 g/mol. The molecule has 2 rings (SSSR count). The summed E-state index contributed by atoms with van der Waals surface area (Å²) in [7, 11) is 0. The topological polar surface area (TPSA) is 117 Å². The van der Waals surface area contributed by atoms with Gasteiger partial charge in [0.25, 0.3) is 5.91 Å². The number of carbonyl (C=O) groups excluding carboxylic acids is 4. The Labute approximate surface area is 182 Å². The van der Waals surface area contributed by atoms with Crippen molar-refractivity contribution in [1.29, 1.82) is 0 Å². The number of carbonyl (C=O) groups is 4. The van der Waals surface area contributed by atoms with E-state index in [4.69, 9.17) is 4.74 Å². The molecule has 9 heteroatoms. The first-order valence-corrected chi connectivity index (χ1v) is 10.4. The van der Waals surface area contributed by atoms with Crippen LogP contribution in [0.25, 0.3) is 0 Å². The third kappa shape index (κ3) is 8.65. The number of benzene rings is 1. The van der Waals surface area contributed by atoms with Crippen LogP contribution in [0.5, 0.6) is 0 Å². The van der Waals surface area contributed by atoms with Gasteiger partial charge in [-0.15, -0.1) is 0 Å². The summed E-state index contributed by atoms with van der Waals surface area (Å²) in [6, 6.07) is 6.89. The quantitative estimate of drug-likeness (QED) is 0.637. The number of anilines is 1. The van der Waals surface area contributed by atoms with E-state index in [1.165, 1.54) is 6.92 Å². The first-order valence-electron chi connectivity index (χ1n) is 10.4. The molecule has 4 amide bonds. The van der Waals surface area contributed by atoms with E-state index in [1.807, 2.05) is 0 Å². The average molecular weight is 433 g/mol. The fraction of sp³-hybridized carbons (Fsp3) is 0.545. The molecule has 0 spiro atoms. The first kappa shape index (κ1) is 24.2. The number of nitrogens with zero attached hydrogens (tertiary/aromatic N) is 1. The van der Waals surface area contributed by atoms with Gasteiger partial charge in [0.2, 0.25) is 11.8 Å². The Morgan fingerprint density at radius 3 is 2.39 bits per heavy atom. The lowest BCUT2D eigenvalue weighted by molar-refractivity contribution is -0.120. The summed E-state index contributed by atoms with van der Waals surface area (Å²) >= 11 is 0. The van der Waals surface area contributed by atoms with Gasteiger partial charge in [0.05, 0.1) is 6.54 Å². The van der Waals surface area contributed by atoms with E-state index in [-0.39, 0.29) is 30.2 Å². The van der Waals surface area contributed by atoms with E-state index in [0.717, 1.165) is 12.8 Å². The van der Waals surface area contributed by atoms with Crippen LogP contribution in [-0.2, 0) is 14.3 Å². The summed E-state index contributed by atoms with van der Waals surface area (Å²) in [6.07, 6.45) is 0.922. The van der Waals surface area contributed by atoms with Gasteiger partial charge in [-0.05, 0) is 57.7 Å². The van der Waals surface area contributed by atoms with Gasteiger partial charge in [-0.3, -0.25) is 14.4 Å². The van der Waals surface area contributed by atoms with Crippen LogP contribution in [0.4, 0.5) is 10.5 Å². The first-order chi connectivity index (χ1) is 14.5. The Bertz CT molecular complexity index is 810. The fourth-order valence-electron chi connectivity index (χ4n) is 3.24. The number of amides is 4. The molecule has 170 valence electrons. The Balaban J connectivity index is 1.72. The van der Waals surface area contributed by atoms with Crippen molar-refractivity contribution in [3.05, 3.63) is 29.8 Å². The van der Waals surface area contributed by atoms with Crippen molar-refractivity contribution >= 4 is 29.5 Å². The lowest BCUT2D eigenvalue weighted by atomic mass is 9.96. The molecule has 0 bridgehead atoms. The summed E-state index contributed by atoms with van der Waals surface area (Å²) in [4.78, 5) is 49.3. The largest absolute Gasteiger partial charge is 0.444 e. The van der Waals surface area contributed by atoms with E-state index in [9.17, 15) is 19.2 Å². The Morgan fingerprint density at radius 2 is 1.77 bits per heavy atom. The second-order valence-corrected chi connectivity index (χ2v) is 8.66. The number of likely N-dealkylation sites (tertiary alicyclic amines) is 1. The minimum Gasteiger partial charge on any atom is -0.444 e. The number of hydrogen-bond donors (Lipinski definition) is 3. The van der Waals surface area contributed by atoms with Crippen LogP contribution < -0.4 is 16.0 Å². The van der Waals surface area contributed by atoms with Crippen molar-refractivity contribution in [2.24, 2.45) is 5.92 Å². The number of alkyl carbamates (subject to hydrolysis) is 1. The molecule has 1 aliphatic rings. The van der Waals surface area contributed by atoms with Gasteiger partial charge in [0.1, 0.15) is 5.60 Å². The van der Waals surface area contributed by atoms with Gasteiger partial charge in [-0.2, -0.15) is 0 Å². The smallest absolute Gasteiger partial charge is 0.408 e. The predicted molar refractivity (Wildman–Crippen MR) is 117 cm³/mol. The van der Waals surface area contributed by atoms with Crippen LogP contribution in [0.2, 0.25) is 0 Å². The van der Waals surface area contributed by atoms with Crippen molar-refractivity contribution in [2.75, 3.05) is 31.5 Å². The van der Waals surface area contributed by atoms with Crippen LogP contribution in [0.3, 0.4) is 0 Å². The van der Waals surface area contributed by atoms with E-state index < -0.39 is 11.7 Å². The van der Waals surface area contributed by atoms with Crippen LogP contribution in [0, 0.1) is 5.92 Å². The number of hydrogen-bond acceptors (Lipinski definition) is 5. The fourth-order valence-corrected chi connectivity index (χ4v) is 3.24. The minimum atomic E-state index is -0.628. The number of nitrogens with one attached hydrogen (secondary N) is 3. The van der Waals surface area contributed by atoms with Crippen molar-refractivity contribution in [3.8, 4) is 0 Å². The lowest BCUT2D eigenvalue weighted by Gasteiger charge is -2.32. The van der Waals surface area contributed by atoms with Crippen molar-refractivity contribution in [2.45, 2.75) is 46.1 Å². The highest BCUT2D eigenvalue weighted by molar-refractivity contribution is 5.96. The lowest BCUT2D eigenvalue weighted by Crippen LogP contribution is -2.44. The van der Waals surface area contributed by atoms with Crippen LogP contribution >= 0.6 is 0 Å². The normalized spacial score (nSPS) is 14.5. The van der Waals surface area contributed by atoms with Crippen molar-refractivity contribution in [3.63, 3.8) is 0 Å². The molecule has 0 atom stereocenters. The van der Waals surface area contributed by atoms with Gasteiger partial charge in [-0.1, -0.05) is 6.07 Å². The zero-order valence-electron chi connectivity index (χ0n) is 18.6. The molecule has 0 aliphatic carbocycles. The predicted octanol–water partition coefficient (Wildman–Crippen LogP) is 2.14. The second kappa shape index (κ2) is 10.8. The van der Waals surface area contributed by atoms with Gasteiger partial charge in [0, 0.05) is 37.8 Å². The molecule has 0 unspecified atom stereocenters. The molecule has 1 aromatic carbocycles. The summed E-state index contributed by atoms with van der Waals surface area (Å²) in [6.45, 7) is 8.23. The zero-order valence-corrected chi connectivity index (χ0v) is 18.6. The third-order valence-electron chi connectivity index (χ3n) is 4.71. The van der Waals surface area contributed by atoms with Crippen molar-refractivity contribution in [1.82, 2.24) is 15.5 Å². The monoisotopic (exact) mass is 432 g/mol. The highest BCUT2D eigenvalue weighted by atomic mass is 16.6. The van der Waals surface area contributed by atoms with Crippen LogP contribution in [-0.4, -0.2) is 60.5 Å². The molecule has 1 heterocycles. The third-order valence-corrected chi connectivity index (χ3v) is 4.71. The molecule has 9 nitrogen and oxygen atoms in total. The SMILES string of the molecule is CC(=O)Nc1cccc(C(=O)N2CCC(CNC(=O)CNC(=O)OC(C)(C)C)CC2)c1. The van der Waals surface area contributed by atoms with Gasteiger partial charge in [0.15, 0.2) is 0 Å². The molecule has 0 aromatic heterocycles. The number of piperidine rings is 1. The molecule has 0 radical (unpaired) electrons. The highest BCUT2D eigenvalue weighted by Crippen LogP contribution is 2.20. The van der Waals surface area contributed by atoms with Gasteiger partial charge < -0.3 is 25.6 Å². The summed E-state index contributed by atoms with van der Waals surface area (Å²) < 4.78 is 5.09. The number of ether oxygens (including phenoxy) is 1. The molecule has 3 N–H and O–H groups in total.